The van der Waals surface area contributed by atoms with Crippen LogP contribution in [0.15, 0.2) is 36.9 Å². The third-order valence-electron chi connectivity index (χ3n) is 2.68. The van der Waals surface area contributed by atoms with Crippen LogP contribution in [0.4, 0.5) is 0 Å². The number of ether oxygens (including phenoxy) is 1. The van der Waals surface area contributed by atoms with Crippen molar-refractivity contribution in [1.29, 1.82) is 0 Å². The molecule has 0 aromatic heterocycles. The number of rotatable bonds is 9. The van der Waals surface area contributed by atoms with E-state index >= 15 is 0 Å². The molecule has 0 spiro atoms. The van der Waals surface area contributed by atoms with Crippen LogP contribution in [-0.4, -0.2) is 31.2 Å². The van der Waals surface area contributed by atoms with Gasteiger partial charge in [-0.15, -0.1) is 6.58 Å². The Bertz CT molecular complexity index is 337. The molecule has 0 heterocycles. The predicted octanol–water partition coefficient (Wildman–Crippen LogP) is 3.14. The van der Waals surface area contributed by atoms with E-state index in [-0.39, 0.29) is 0 Å². The second-order valence-electron chi connectivity index (χ2n) is 4.27. The summed E-state index contributed by atoms with van der Waals surface area (Å²) in [6.45, 7) is 6.99. The Morgan fingerprint density at radius 1 is 1.39 bits per heavy atom. The normalized spacial score (nSPS) is 12.1. The molecule has 1 atom stereocenters. The van der Waals surface area contributed by atoms with Gasteiger partial charge in [0.1, 0.15) is 5.75 Å². The van der Waals surface area contributed by atoms with E-state index in [1.807, 2.05) is 30.0 Å². The maximum absolute atomic E-state index is 5.15. The average molecular weight is 265 g/mol. The lowest BCUT2D eigenvalue weighted by molar-refractivity contribution is 0.414. The quantitative estimate of drug-likeness (QED) is 0.547. The van der Waals surface area contributed by atoms with Crippen LogP contribution in [0.1, 0.15) is 12.5 Å². The van der Waals surface area contributed by atoms with Crippen molar-refractivity contribution in [3.05, 3.63) is 42.5 Å². The topological polar surface area (TPSA) is 21.3 Å². The fourth-order valence-corrected chi connectivity index (χ4v) is 2.33. The summed E-state index contributed by atoms with van der Waals surface area (Å²) in [5.74, 6) is 3.09. The zero-order valence-corrected chi connectivity index (χ0v) is 12.1. The van der Waals surface area contributed by atoms with Gasteiger partial charge in [-0.3, -0.25) is 0 Å². The first kappa shape index (κ1) is 15.1. The highest BCUT2D eigenvalue weighted by Gasteiger charge is 2.02. The highest BCUT2D eigenvalue weighted by molar-refractivity contribution is 7.99. The van der Waals surface area contributed by atoms with E-state index in [1.54, 1.807) is 7.11 Å². The fraction of sp³-hybridized carbons (Fsp3) is 0.467. The van der Waals surface area contributed by atoms with Crippen molar-refractivity contribution in [3.8, 4) is 5.75 Å². The monoisotopic (exact) mass is 265 g/mol. The van der Waals surface area contributed by atoms with Gasteiger partial charge in [-0.1, -0.05) is 18.2 Å². The number of benzene rings is 1. The molecule has 2 nitrogen and oxygen atoms in total. The second-order valence-corrected chi connectivity index (χ2v) is 5.42. The fourth-order valence-electron chi connectivity index (χ4n) is 1.73. The summed E-state index contributed by atoms with van der Waals surface area (Å²) in [4.78, 5) is 0. The lowest BCUT2D eigenvalue weighted by Crippen LogP contribution is -2.30. The average Bonchev–Trinajstić information content (AvgIpc) is 2.39. The molecule has 0 saturated heterocycles. The van der Waals surface area contributed by atoms with Crippen molar-refractivity contribution >= 4 is 11.8 Å². The molecule has 1 N–H and O–H groups in total. The van der Waals surface area contributed by atoms with Crippen LogP contribution in [0.25, 0.3) is 0 Å². The number of thioether (sulfide) groups is 1. The molecule has 0 bridgehead atoms. The molecule has 1 aromatic carbocycles. The van der Waals surface area contributed by atoms with Crippen molar-refractivity contribution in [1.82, 2.24) is 5.32 Å². The van der Waals surface area contributed by atoms with Crippen molar-refractivity contribution in [2.75, 3.05) is 25.2 Å². The third kappa shape index (κ3) is 6.12. The van der Waals surface area contributed by atoms with Crippen LogP contribution in [0.2, 0.25) is 0 Å². The van der Waals surface area contributed by atoms with Gasteiger partial charge in [-0.05, 0) is 31.0 Å². The Balaban J connectivity index is 2.22. The van der Waals surface area contributed by atoms with E-state index in [1.165, 1.54) is 5.56 Å². The van der Waals surface area contributed by atoms with E-state index in [0.717, 1.165) is 30.2 Å². The van der Waals surface area contributed by atoms with Gasteiger partial charge in [0.25, 0.3) is 0 Å². The summed E-state index contributed by atoms with van der Waals surface area (Å²) in [7, 11) is 1.69. The van der Waals surface area contributed by atoms with Gasteiger partial charge in [-0.25, -0.2) is 0 Å². The number of methoxy groups -OCH3 is 1. The second kappa shape index (κ2) is 9.06. The maximum Gasteiger partial charge on any atom is 0.118 e. The molecule has 18 heavy (non-hydrogen) atoms. The van der Waals surface area contributed by atoms with Crippen LogP contribution in [0.3, 0.4) is 0 Å². The Morgan fingerprint density at radius 3 is 2.72 bits per heavy atom. The molecular formula is C15H23NOS. The molecule has 3 heteroatoms. The van der Waals surface area contributed by atoms with Crippen LogP contribution in [0.5, 0.6) is 5.75 Å². The van der Waals surface area contributed by atoms with Crippen LogP contribution in [0, 0.1) is 0 Å². The van der Waals surface area contributed by atoms with E-state index in [2.05, 4.69) is 31.0 Å². The summed E-state index contributed by atoms with van der Waals surface area (Å²) in [5, 5.41) is 3.53. The maximum atomic E-state index is 5.15. The summed E-state index contributed by atoms with van der Waals surface area (Å²) < 4.78 is 5.15. The molecular weight excluding hydrogens is 242 g/mol. The van der Waals surface area contributed by atoms with Gasteiger partial charge in [0.2, 0.25) is 0 Å². The SMILES string of the molecule is C=CCSCCNC(C)Cc1ccc(OC)cc1. The van der Waals surface area contributed by atoms with Crippen molar-refractivity contribution in [2.24, 2.45) is 0 Å². The van der Waals surface area contributed by atoms with Crippen molar-refractivity contribution < 1.29 is 4.74 Å². The van der Waals surface area contributed by atoms with E-state index in [0.29, 0.717) is 6.04 Å². The van der Waals surface area contributed by atoms with Gasteiger partial charge in [0.05, 0.1) is 7.11 Å². The van der Waals surface area contributed by atoms with E-state index < -0.39 is 0 Å². The van der Waals surface area contributed by atoms with E-state index in [9.17, 15) is 0 Å². The number of hydrogen-bond donors (Lipinski definition) is 1. The highest BCUT2D eigenvalue weighted by atomic mass is 32.2. The lowest BCUT2D eigenvalue weighted by atomic mass is 10.1. The van der Waals surface area contributed by atoms with Gasteiger partial charge >= 0.3 is 0 Å². The Kier molecular flexibility index (Phi) is 7.62. The van der Waals surface area contributed by atoms with Gasteiger partial charge < -0.3 is 10.1 Å². The molecule has 1 rings (SSSR count). The zero-order valence-electron chi connectivity index (χ0n) is 11.3. The number of hydrogen-bond acceptors (Lipinski definition) is 3. The van der Waals surface area contributed by atoms with Crippen LogP contribution in [-0.2, 0) is 6.42 Å². The molecule has 0 aliphatic rings. The Morgan fingerprint density at radius 2 is 2.11 bits per heavy atom. The van der Waals surface area contributed by atoms with Gasteiger partial charge in [0.15, 0.2) is 0 Å². The minimum Gasteiger partial charge on any atom is -0.497 e. The summed E-state index contributed by atoms with van der Waals surface area (Å²) in [6.07, 6.45) is 3.00. The molecule has 0 radical (unpaired) electrons. The smallest absolute Gasteiger partial charge is 0.118 e. The molecule has 0 saturated carbocycles. The largest absolute Gasteiger partial charge is 0.497 e. The summed E-state index contributed by atoms with van der Waals surface area (Å²) in [5.41, 5.74) is 1.34. The van der Waals surface area contributed by atoms with Crippen LogP contribution < -0.4 is 10.1 Å². The molecule has 0 aliphatic heterocycles. The van der Waals surface area contributed by atoms with Crippen molar-refractivity contribution in [2.45, 2.75) is 19.4 Å². The first-order chi connectivity index (χ1) is 8.76. The molecule has 0 aliphatic carbocycles. The van der Waals surface area contributed by atoms with Crippen molar-refractivity contribution in [3.63, 3.8) is 0 Å². The molecule has 0 fully saturated rings. The van der Waals surface area contributed by atoms with Gasteiger partial charge in [0, 0.05) is 24.1 Å². The molecule has 1 aromatic rings. The lowest BCUT2D eigenvalue weighted by Gasteiger charge is -2.13. The Labute approximate surface area is 115 Å². The first-order valence-corrected chi connectivity index (χ1v) is 7.46. The summed E-state index contributed by atoms with van der Waals surface area (Å²) in [6, 6.07) is 8.79. The molecule has 100 valence electrons. The highest BCUT2D eigenvalue weighted by Crippen LogP contribution is 2.12. The zero-order chi connectivity index (χ0) is 13.2. The summed E-state index contributed by atoms with van der Waals surface area (Å²) >= 11 is 1.91. The Hall–Kier alpha value is -0.930. The standard InChI is InChI=1S/C15H23NOS/c1-4-10-18-11-9-16-13(2)12-14-5-7-15(17-3)8-6-14/h4-8,13,16H,1,9-12H2,2-3H3. The third-order valence-corrected chi connectivity index (χ3v) is 3.64. The minimum atomic E-state index is 0.503. The van der Waals surface area contributed by atoms with Gasteiger partial charge in [-0.2, -0.15) is 11.8 Å². The minimum absolute atomic E-state index is 0.503. The van der Waals surface area contributed by atoms with Crippen LogP contribution >= 0.6 is 11.8 Å². The predicted molar refractivity (Wildman–Crippen MR) is 81.7 cm³/mol. The number of nitrogens with one attached hydrogen (secondary N) is 1. The molecule has 1 unspecified atom stereocenters. The first-order valence-electron chi connectivity index (χ1n) is 6.31. The molecule has 0 amide bonds. The van der Waals surface area contributed by atoms with E-state index in [4.69, 9.17) is 4.74 Å².